The number of hydrogen-bond donors (Lipinski definition) is 1. The molecular formula is C26H23N3O4. The van der Waals surface area contributed by atoms with E-state index in [0.29, 0.717) is 11.3 Å². The first-order chi connectivity index (χ1) is 15.9. The lowest BCUT2D eigenvalue weighted by molar-refractivity contribution is -0.140. The van der Waals surface area contributed by atoms with Gasteiger partial charge in [-0.05, 0) is 36.6 Å². The van der Waals surface area contributed by atoms with Gasteiger partial charge in [-0.1, -0.05) is 78.4 Å². The first kappa shape index (κ1) is 22.0. The highest BCUT2D eigenvalue weighted by atomic mass is 16.2. The minimum absolute atomic E-state index is 0.290. The predicted molar refractivity (Wildman–Crippen MR) is 123 cm³/mol. The third-order valence-corrected chi connectivity index (χ3v) is 5.47. The smallest absolute Gasteiger partial charge is 0.339 e. The molecule has 7 nitrogen and oxygen atoms in total. The van der Waals surface area contributed by atoms with Gasteiger partial charge in [0.25, 0.3) is 0 Å². The molecule has 1 aliphatic heterocycles. The van der Waals surface area contributed by atoms with Gasteiger partial charge in [0.1, 0.15) is 6.54 Å². The average molecular weight is 441 g/mol. The molecule has 1 fully saturated rings. The molecule has 3 aromatic rings. The lowest BCUT2D eigenvalue weighted by Gasteiger charge is -2.21. The number of aryl methyl sites for hydroxylation is 1. The van der Waals surface area contributed by atoms with E-state index < -0.39 is 30.3 Å². The van der Waals surface area contributed by atoms with Gasteiger partial charge < -0.3 is 5.32 Å². The molecule has 4 rings (SSSR count). The highest BCUT2D eigenvalue weighted by Crippen LogP contribution is 2.23. The van der Waals surface area contributed by atoms with Gasteiger partial charge in [0.2, 0.25) is 5.91 Å². The lowest BCUT2D eigenvalue weighted by Crippen LogP contribution is -2.42. The van der Waals surface area contributed by atoms with Gasteiger partial charge >= 0.3 is 17.8 Å². The Balaban J connectivity index is 1.50. The minimum atomic E-state index is -1.02. The Bertz CT molecular complexity index is 1180. The molecule has 1 saturated heterocycles. The zero-order valence-electron chi connectivity index (χ0n) is 18.1. The van der Waals surface area contributed by atoms with Crippen molar-refractivity contribution in [2.45, 2.75) is 19.4 Å². The zero-order valence-corrected chi connectivity index (χ0v) is 18.1. The second kappa shape index (κ2) is 9.48. The summed E-state index contributed by atoms with van der Waals surface area (Å²) < 4.78 is 0. The first-order valence-corrected chi connectivity index (χ1v) is 10.6. The number of amides is 5. The number of anilines is 1. The molecule has 0 aliphatic carbocycles. The van der Waals surface area contributed by atoms with E-state index in [1.165, 1.54) is 0 Å². The number of benzene rings is 3. The topological polar surface area (TPSA) is 86.8 Å². The van der Waals surface area contributed by atoms with Gasteiger partial charge in [-0.3, -0.25) is 14.4 Å². The fraction of sp³-hybridized carbons (Fsp3) is 0.154. The molecule has 0 spiro atoms. The SMILES string of the molecule is Cc1ccc(N2C(=O)C(=O)N(CC(=O)N[C@@H](Cc3ccccc3)c3ccccc3)C2=O)cc1. The van der Waals surface area contributed by atoms with E-state index in [2.05, 4.69) is 5.32 Å². The van der Waals surface area contributed by atoms with Gasteiger partial charge in [0.05, 0.1) is 11.7 Å². The monoisotopic (exact) mass is 441 g/mol. The van der Waals surface area contributed by atoms with Crippen molar-refractivity contribution in [3.8, 4) is 0 Å². The van der Waals surface area contributed by atoms with Crippen LogP contribution in [-0.4, -0.2) is 35.2 Å². The number of carbonyl (C=O) groups is 4. The molecule has 166 valence electrons. The molecule has 0 saturated carbocycles. The van der Waals surface area contributed by atoms with Crippen molar-refractivity contribution >= 4 is 29.4 Å². The molecule has 1 heterocycles. The molecule has 0 unspecified atom stereocenters. The molecule has 7 heteroatoms. The van der Waals surface area contributed by atoms with Crippen LogP contribution in [-0.2, 0) is 20.8 Å². The molecule has 3 aromatic carbocycles. The number of imide groups is 2. The van der Waals surface area contributed by atoms with Crippen molar-refractivity contribution in [2.24, 2.45) is 0 Å². The fourth-order valence-corrected chi connectivity index (χ4v) is 3.74. The van der Waals surface area contributed by atoms with Crippen LogP contribution in [0.1, 0.15) is 22.7 Å². The van der Waals surface area contributed by atoms with Crippen LogP contribution in [0.4, 0.5) is 10.5 Å². The summed E-state index contributed by atoms with van der Waals surface area (Å²) in [6.07, 6.45) is 0.535. The summed E-state index contributed by atoms with van der Waals surface area (Å²) in [4.78, 5) is 52.1. The van der Waals surface area contributed by atoms with E-state index in [1.54, 1.807) is 24.3 Å². The minimum Gasteiger partial charge on any atom is -0.347 e. The summed E-state index contributed by atoms with van der Waals surface area (Å²) in [6.45, 7) is 1.34. The van der Waals surface area contributed by atoms with E-state index in [-0.39, 0.29) is 11.7 Å². The first-order valence-electron chi connectivity index (χ1n) is 10.6. The summed E-state index contributed by atoms with van der Waals surface area (Å²) in [7, 11) is 0. The summed E-state index contributed by atoms with van der Waals surface area (Å²) in [5.74, 6) is -2.52. The second-order valence-electron chi connectivity index (χ2n) is 7.87. The molecular weight excluding hydrogens is 418 g/mol. The van der Waals surface area contributed by atoms with Crippen molar-refractivity contribution < 1.29 is 19.2 Å². The molecule has 0 bridgehead atoms. The number of hydrogen-bond acceptors (Lipinski definition) is 4. The average Bonchev–Trinajstić information content (AvgIpc) is 3.03. The van der Waals surface area contributed by atoms with E-state index in [0.717, 1.165) is 21.6 Å². The third-order valence-electron chi connectivity index (χ3n) is 5.47. The summed E-state index contributed by atoms with van der Waals surface area (Å²) >= 11 is 0. The molecule has 5 amide bonds. The van der Waals surface area contributed by atoms with Gasteiger partial charge in [-0.25, -0.2) is 14.6 Å². The molecule has 0 radical (unpaired) electrons. The summed E-state index contributed by atoms with van der Waals surface area (Å²) in [5.41, 5.74) is 3.16. The Kier molecular flexibility index (Phi) is 6.31. The van der Waals surface area contributed by atoms with Crippen LogP contribution in [0.25, 0.3) is 0 Å². The summed E-state index contributed by atoms with van der Waals surface area (Å²) in [6, 6.07) is 24.6. The van der Waals surface area contributed by atoms with E-state index in [4.69, 9.17) is 0 Å². The standard InChI is InChI=1S/C26H23N3O4/c1-18-12-14-21(15-13-18)29-25(32)24(31)28(26(29)33)17-23(30)27-22(20-10-6-3-7-11-20)16-19-8-4-2-5-9-19/h2-15,22H,16-17H2,1H3,(H,27,30)/t22-/m0/s1. The Hall–Kier alpha value is -4.26. The van der Waals surface area contributed by atoms with Gasteiger partial charge in [-0.15, -0.1) is 0 Å². The number of carbonyl (C=O) groups excluding carboxylic acids is 4. The Labute approximate surface area is 191 Å². The van der Waals surface area contributed by atoms with Crippen LogP contribution in [0.2, 0.25) is 0 Å². The van der Waals surface area contributed by atoms with E-state index >= 15 is 0 Å². The molecule has 1 aliphatic rings. The predicted octanol–water partition coefficient (Wildman–Crippen LogP) is 3.39. The zero-order chi connectivity index (χ0) is 23.4. The van der Waals surface area contributed by atoms with Crippen molar-refractivity contribution in [1.29, 1.82) is 0 Å². The van der Waals surface area contributed by atoms with Crippen LogP contribution < -0.4 is 10.2 Å². The van der Waals surface area contributed by atoms with Gasteiger partial charge in [0, 0.05) is 0 Å². The Morgan fingerprint density at radius 3 is 2.06 bits per heavy atom. The normalized spacial score (nSPS) is 14.5. The fourth-order valence-electron chi connectivity index (χ4n) is 3.74. The maximum atomic E-state index is 12.9. The molecule has 0 aromatic heterocycles. The van der Waals surface area contributed by atoms with Crippen LogP contribution in [0, 0.1) is 6.92 Å². The number of urea groups is 1. The van der Waals surface area contributed by atoms with Crippen LogP contribution in [0.5, 0.6) is 0 Å². The van der Waals surface area contributed by atoms with Gasteiger partial charge in [0.15, 0.2) is 0 Å². The van der Waals surface area contributed by atoms with Crippen molar-refractivity contribution in [3.05, 3.63) is 102 Å². The second-order valence-corrected chi connectivity index (χ2v) is 7.87. The Morgan fingerprint density at radius 2 is 1.42 bits per heavy atom. The number of rotatable bonds is 7. The van der Waals surface area contributed by atoms with E-state index in [1.807, 2.05) is 67.6 Å². The lowest BCUT2D eigenvalue weighted by atomic mass is 9.99. The maximum absolute atomic E-state index is 12.9. The molecule has 1 atom stereocenters. The van der Waals surface area contributed by atoms with Crippen molar-refractivity contribution in [2.75, 3.05) is 11.4 Å². The van der Waals surface area contributed by atoms with E-state index in [9.17, 15) is 19.2 Å². The quantitative estimate of drug-likeness (QED) is 0.450. The Morgan fingerprint density at radius 1 is 0.818 bits per heavy atom. The summed E-state index contributed by atoms with van der Waals surface area (Å²) in [5, 5.41) is 2.91. The van der Waals surface area contributed by atoms with Crippen LogP contribution >= 0.6 is 0 Å². The number of nitrogens with one attached hydrogen (secondary N) is 1. The van der Waals surface area contributed by atoms with Crippen molar-refractivity contribution in [1.82, 2.24) is 10.2 Å². The highest BCUT2D eigenvalue weighted by molar-refractivity contribution is 6.53. The number of nitrogens with zero attached hydrogens (tertiary/aromatic N) is 2. The maximum Gasteiger partial charge on any atom is 0.339 e. The third kappa shape index (κ3) is 4.82. The van der Waals surface area contributed by atoms with Gasteiger partial charge in [-0.2, -0.15) is 0 Å². The molecule has 1 N–H and O–H groups in total. The van der Waals surface area contributed by atoms with Crippen molar-refractivity contribution in [3.63, 3.8) is 0 Å². The van der Waals surface area contributed by atoms with Crippen LogP contribution in [0.15, 0.2) is 84.9 Å². The van der Waals surface area contributed by atoms with Crippen LogP contribution in [0.3, 0.4) is 0 Å². The molecule has 33 heavy (non-hydrogen) atoms. The largest absolute Gasteiger partial charge is 0.347 e. The highest BCUT2D eigenvalue weighted by Gasteiger charge is 2.46.